The lowest BCUT2D eigenvalue weighted by Gasteiger charge is -2.48. The fourth-order valence-electron chi connectivity index (χ4n) is 19.0. The lowest BCUT2D eigenvalue weighted by molar-refractivity contribution is -0.141. The van der Waals surface area contributed by atoms with E-state index in [1.807, 2.05) is 77.0 Å². The van der Waals surface area contributed by atoms with Gasteiger partial charge >= 0.3 is 30.2 Å². The molecule has 0 bridgehead atoms. The Hall–Kier alpha value is -6.48. The normalized spacial score (nSPS) is 20.8. The zero-order chi connectivity index (χ0) is 79.1. The number of nitrogens with two attached hydrogens (primary N) is 1. The molecule has 0 saturated carbocycles. The first-order valence-electron chi connectivity index (χ1n) is 41.1. The summed E-state index contributed by atoms with van der Waals surface area (Å²) in [7, 11) is 2.73. The van der Waals surface area contributed by atoms with Crippen LogP contribution in [0, 0.1) is 0 Å². The van der Waals surface area contributed by atoms with Gasteiger partial charge in [-0.3, -0.25) is 19.2 Å². The van der Waals surface area contributed by atoms with Crippen molar-refractivity contribution in [1.82, 2.24) is 35.1 Å². The number of rotatable bonds is 10. The molecule has 6 aliphatic heterocycles. The molecule has 4 aromatic rings. The Labute approximate surface area is 751 Å². The highest BCUT2D eigenvalue weighted by Crippen LogP contribution is 2.53. The van der Waals surface area contributed by atoms with E-state index in [0.717, 1.165) is 181 Å². The topological polar surface area (TPSA) is 249 Å². The SMILES string of the molecule is C.C.C.C.C.C.CC(C)(C)OC(=O)N1CCC2(CC[C@H](N)c3ccccc32)CC1.CC(C)(C)OC(=O)N1CCC2(CC[C@H](N3CCCC3=O)c3ccccc32)CC1.COC(=O)CCC=O.COC(=O)CCCN[C@H]1CCC2(CCN(C(=O)OC(C)(C)C)CC2)c2ccccc21.O=C1CCCN1[C@H]1CCC2(CCNCC2)c2ccccc21.S.S.S.S. The van der Waals surface area contributed by atoms with E-state index in [0.29, 0.717) is 48.4 Å². The highest BCUT2D eigenvalue weighted by Gasteiger charge is 2.49. The van der Waals surface area contributed by atoms with Gasteiger partial charge in [0.2, 0.25) is 11.8 Å². The van der Waals surface area contributed by atoms with E-state index in [1.54, 1.807) is 0 Å². The molecule has 682 valence electrons. The average Bonchev–Trinajstić information content (AvgIpc) is 1.02. The van der Waals surface area contributed by atoms with Crippen molar-refractivity contribution in [3.8, 4) is 0 Å². The average molecular weight is 1750 g/mol. The minimum absolute atomic E-state index is 0. The summed E-state index contributed by atoms with van der Waals surface area (Å²) in [5, 5.41) is 7.14. The van der Waals surface area contributed by atoms with Crippen LogP contribution in [0.2, 0.25) is 0 Å². The summed E-state index contributed by atoms with van der Waals surface area (Å²) in [5.41, 5.74) is 16.9. The number of fused-ring (bicyclic) bond motifs is 8. The van der Waals surface area contributed by atoms with Crippen LogP contribution in [-0.2, 0) is 69.3 Å². The number of amides is 5. The summed E-state index contributed by atoms with van der Waals surface area (Å²) in [6, 6.07) is 35.9. The molecule has 4 aliphatic carbocycles. The Bertz CT molecular complexity index is 3820. The Morgan fingerprint density at radius 1 is 0.442 bits per heavy atom. The fraction of sp³-hybridized carbons (Fsp3) is 0.663. The summed E-state index contributed by atoms with van der Waals surface area (Å²) in [6.07, 6.45) is 22.4. The number of carbonyl (C=O) groups is 8. The van der Waals surface area contributed by atoms with Crippen LogP contribution < -0.4 is 16.4 Å². The number of nitrogens with zero attached hydrogens (tertiary/aromatic N) is 5. The number of aldehydes is 1. The van der Waals surface area contributed by atoms with Gasteiger partial charge in [0.1, 0.15) is 23.1 Å². The molecule has 4 aromatic carbocycles. The molecule has 4 N–H and O–H groups in total. The molecule has 6 saturated heterocycles. The molecule has 5 amide bonds. The van der Waals surface area contributed by atoms with Crippen LogP contribution in [-0.4, -0.2) is 176 Å². The van der Waals surface area contributed by atoms with Crippen LogP contribution in [0.5, 0.6) is 0 Å². The third-order valence-electron chi connectivity index (χ3n) is 24.8. The summed E-state index contributed by atoms with van der Waals surface area (Å²) in [6.45, 7) is 26.5. The van der Waals surface area contributed by atoms with Crippen molar-refractivity contribution in [2.24, 2.45) is 5.73 Å². The number of likely N-dealkylation sites (tertiary alicyclic amines) is 5. The van der Waals surface area contributed by atoms with Crippen molar-refractivity contribution in [2.75, 3.05) is 86.2 Å². The fourth-order valence-corrected chi connectivity index (χ4v) is 19.0. The first-order valence-corrected chi connectivity index (χ1v) is 41.1. The Balaban J connectivity index is 0.00000149. The van der Waals surface area contributed by atoms with E-state index in [2.05, 4.69) is 122 Å². The van der Waals surface area contributed by atoms with Gasteiger partial charge < -0.3 is 69.3 Å². The molecule has 0 unspecified atom stereocenters. The zero-order valence-corrected chi connectivity index (χ0v) is 74.0. The lowest BCUT2D eigenvalue weighted by atomic mass is 9.63. The number of piperidine rings is 4. The van der Waals surface area contributed by atoms with Gasteiger partial charge in [-0.2, -0.15) is 54.0 Å². The van der Waals surface area contributed by atoms with E-state index in [9.17, 15) is 38.4 Å². The van der Waals surface area contributed by atoms with Crippen molar-refractivity contribution in [2.45, 2.75) is 324 Å². The van der Waals surface area contributed by atoms with E-state index in [-0.39, 0.29) is 170 Å². The number of methoxy groups -OCH3 is 2. The van der Waals surface area contributed by atoms with Crippen molar-refractivity contribution in [1.29, 1.82) is 0 Å². The van der Waals surface area contributed by atoms with Crippen LogP contribution in [0.4, 0.5) is 14.4 Å². The molecule has 10 aliphatic rings. The van der Waals surface area contributed by atoms with E-state index < -0.39 is 16.8 Å². The quantitative estimate of drug-likeness (QED) is 0.0578. The number of benzene rings is 4. The third-order valence-corrected chi connectivity index (χ3v) is 24.8. The molecule has 6 heterocycles. The zero-order valence-electron chi connectivity index (χ0n) is 70.0. The third kappa shape index (κ3) is 28.8. The summed E-state index contributed by atoms with van der Waals surface area (Å²) < 4.78 is 25.6. The highest BCUT2D eigenvalue weighted by molar-refractivity contribution is 7.59. The van der Waals surface area contributed by atoms with Crippen LogP contribution in [0.15, 0.2) is 97.1 Å². The van der Waals surface area contributed by atoms with Gasteiger partial charge in [-0.25, -0.2) is 14.4 Å². The second kappa shape index (κ2) is 50.5. The molecule has 21 nitrogen and oxygen atoms in total. The van der Waals surface area contributed by atoms with E-state index in [1.165, 1.54) is 78.0 Å². The van der Waals surface area contributed by atoms with Crippen molar-refractivity contribution < 1.29 is 62.0 Å². The predicted molar refractivity (Wildman–Crippen MR) is 508 cm³/mol. The number of carbonyl (C=O) groups excluding carboxylic acids is 8. The Morgan fingerprint density at radius 3 is 1.11 bits per heavy atom. The minimum Gasteiger partial charge on any atom is -0.469 e. The molecule has 4 atom stereocenters. The molecule has 0 radical (unpaired) electrons. The second-order valence-electron chi connectivity index (χ2n) is 35.3. The van der Waals surface area contributed by atoms with Crippen LogP contribution in [0.25, 0.3) is 0 Å². The van der Waals surface area contributed by atoms with Crippen molar-refractivity contribution in [3.05, 3.63) is 142 Å². The number of hydrogen-bond donors (Lipinski definition) is 3. The molecule has 6 fully saturated rings. The highest BCUT2D eigenvalue weighted by atomic mass is 32.1. The van der Waals surface area contributed by atoms with Crippen molar-refractivity contribution in [3.63, 3.8) is 0 Å². The molecule has 120 heavy (non-hydrogen) atoms. The Kier molecular flexibility index (Phi) is 47.7. The largest absolute Gasteiger partial charge is 0.469 e. The van der Waals surface area contributed by atoms with Crippen LogP contribution in [0.3, 0.4) is 0 Å². The number of nitrogens with one attached hydrogen (secondary N) is 2. The van der Waals surface area contributed by atoms with Crippen LogP contribution >= 0.6 is 54.0 Å². The number of hydrogen-bond acceptors (Lipinski definition) is 16. The second-order valence-corrected chi connectivity index (χ2v) is 35.3. The molecule has 14 rings (SSSR count). The lowest BCUT2D eigenvalue weighted by Crippen LogP contribution is -2.49. The van der Waals surface area contributed by atoms with Gasteiger partial charge in [0.15, 0.2) is 0 Å². The number of ether oxygens (including phenoxy) is 5. The first kappa shape index (κ1) is 114. The monoisotopic (exact) mass is 1750 g/mol. The molecule has 25 heteroatoms. The van der Waals surface area contributed by atoms with E-state index in [4.69, 9.17) is 24.7 Å². The van der Waals surface area contributed by atoms with Gasteiger partial charge in [-0.05, 0) is 270 Å². The molecule has 0 aromatic heterocycles. The molecular formula is C95H160N8O13S4. The summed E-state index contributed by atoms with van der Waals surface area (Å²) in [5.74, 6) is 0.167. The first-order chi connectivity index (χ1) is 52.4. The maximum atomic E-state index is 12.5. The van der Waals surface area contributed by atoms with E-state index >= 15 is 0 Å². The predicted octanol–water partition coefficient (Wildman–Crippen LogP) is 19.7. The number of esters is 2. The van der Waals surface area contributed by atoms with Gasteiger partial charge in [0, 0.05) is 90.1 Å². The van der Waals surface area contributed by atoms with Gasteiger partial charge in [0.25, 0.3) is 0 Å². The molecule has 4 spiro atoms. The Morgan fingerprint density at radius 2 is 0.758 bits per heavy atom. The minimum atomic E-state index is -0.462. The van der Waals surface area contributed by atoms with Gasteiger partial charge in [-0.15, -0.1) is 0 Å². The van der Waals surface area contributed by atoms with Crippen molar-refractivity contribution >= 4 is 102 Å². The van der Waals surface area contributed by atoms with Crippen LogP contribution in [0.1, 0.15) is 330 Å². The standard InChI is InChI=1S/C24H36N2O4.C23H32N2O3.C19H28N2O2.C18H24N2O.C5H8O3.6CH4.4H2S/c1-23(2,3)30-22(28)26-16-13-24(14-17-26)12-11-20(18-8-5-6-9-19(18)24)25-15-7-10-21(27)29-4;1-22(2,3)28-21(27)24-15-12-23(13-16-24)11-10-19(25-14-6-9-20(25)26)17-7-4-5-8-18(17)23;1-18(2,3)23-17(22)21-12-10-19(11-13-21)9-8-16(20)14-6-4-5-7-15(14)19;21-17-6-3-13-20(17)16-7-8-18(9-11-19-12-10-18)15-5-2-1-4-14(15)16;1-8-5(7)3-2-4-6;;;;;;;;;;/h5-6,8-9,20,25H,7,10-17H2,1-4H3;4-5,7-8,19H,6,9-16H2,1-3H3;4-7,16H,8-13,20H2,1-3H3;1-2,4-5,16,19H,3,6-13H2;4H,2-3H2,1H3;6*1H4;4*1H2/t20-;19-;2*16-;;;;;;;;;;;/m0000.........../s1. The van der Waals surface area contributed by atoms with Gasteiger partial charge in [0.05, 0.1) is 32.7 Å². The summed E-state index contributed by atoms with van der Waals surface area (Å²) in [4.78, 5) is 103. The maximum absolute atomic E-state index is 12.5. The van der Waals surface area contributed by atoms with Gasteiger partial charge in [-0.1, -0.05) is 142 Å². The molecular weight excluding hydrogens is 1590 g/mol. The maximum Gasteiger partial charge on any atom is 0.410 e. The smallest absolute Gasteiger partial charge is 0.410 e. The summed E-state index contributed by atoms with van der Waals surface area (Å²) >= 11 is 0.